The smallest absolute Gasteiger partial charge is 0.0166 e. The highest BCUT2D eigenvalue weighted by Gasteiger charge is 2.25. The number of likely N-dealkylation sites (N-methyl/N-ethyl adjacent to an activating group) is 1. The quantitative estimate of drug-likeness (QED) is 0.795. The molecule has 18 heavy (non-hydrogen) atoms. The molecule has 0 radical (unpaired) electrons. The van der Waals surface area contributed by atoms with Gasteiger partial charge in [0.1, 0.15) is 0 Å². The van der Waals surface area contributed by atoms with E-state index < -0.39 is 0 Å². The summed E-state index contributed by atoms with van der Waals surface area (Å²) in [5.41, 5.74) is 3.10. The zero-order chi connectivity index (χ0) is 13.0. The van der Waals surface area contributed by atoms with Crippen LogP contribution in [0.2, 0.25) is 0 Å². The van der Waals surface area contributed by atoms with Gasteiger partial charge in [0.2, 0.25) is 0 Å². The molecule has 0 saturated carbocycles. The SMILES string of the molecule is CCN(CC)CC(C)NCC1Cc2ccccc21. The van der Waals surface area contributed by atoms with Crippen LogP contribution in [0.5, 0.6) is 0 Å². The minimum absolute atomic E-state index is 0.581. The van der Waals surface area contributed by atoms with E-state index in [1.54, 1.807) is 11.1 Å². The van der Waals surface area contributed by atoms with E-state index in [1.807, 2.05) is 0 Å². The minimum Gasteiger partial charge on any atom is -0.312 e. The molecule has 1 aliphatic rings. The number of fused-ring (bicyclic) bond motifs is 1. The second-order valence-electron chi connectivity index (χ2n) is 5.40. The van der Waals surface area contributed by atoms with Gasteiger partial charge in [0.05, 0.1) is 0 Å². The Morgan fingerprint density at radius 2 is 2.00 bits per heavy atom. The zero-order valence-corrected chi connectivity index (χ0v) is 11.9. The number of benzene rings is 1. The zero-order valence-electron chi connectivity index (χ0n) is 11.9. The van der Waals surface area contributed by atoms with E-state index in [9.17, 15) is 0 Å². The van der Waals surface area contributed by atoms with Gasteiger partial charge in [-0.15, -0.1) is 0 Å². The molecule has 0 spiro atoms. The topological polar surface area (TPSA) is 15.3 Å². The summed E-state index contributed by atoms with van der Waals surface area (Å²) in [6, 6.07) is 9.42. The summed E-state index contributed by atoms with van der Waals surface area (Å²) in [6.45, 7) is 11.3. The minimum atomic E-state index is 0.581. The molecule has 0 bridgehead atoms. The summed E-state index contributed by atoms with van der Waals surface area (Å²) in [7, 11) is 0. The van der Waals surface area contributed by atoms with Gasteiger partial charge in [0.25, 0.3) is 0 Å². The number of nitrogens with one attached hydrogen (secondary N) is 1. The maximum absolute atomic E-state index is 3.68. The second kappa shape index (κ2) is 6.35. The monoisotopic (exact) mass is 246 g/mol. The summed E-state index contributed by atoms with van der Waals surface area (Å²) >= 11 is 0. The number of hydrogen-bond acceptors (Lipinski definition) is 2. The number of hydrogen-bond donors (Lipinski definition) is 1. The molecule has 1 N–H and O–H groups in total. The molecule has 1 aliphatic carbocycles. The lowest BCUT2D eigenvalue weighted by Gasteiger charge is -2.32. The highest BCUT2D eigenvalue weighted by atomic mass is 15.1. The Bertz CT molecular complexity index is 371. The average molecular weight is 246 g/mol. The van der Waals surface area contributed by atoms with Crippen molar-refractivity contribution in [1.82, 2.24) is 10.2 Å². The van der Waals surface area contributed by atoms with Gasteiger partial charge in [-0.05, 0) is 37.6 Å². The van der Waals surface area contributed by atoms with Gasteiger partial charge in [0, 0.05) is 25.0 Å². The molecule has 100 valence electrons. The summed E-state index contributed by atoms with van der Waals surface area (Å²) in [4.78, 5) is 2.48. The van der Waals surface area contributed by atoms with Gasteiger partial charge >= 0.3 is 0 Å². The van der Waals surface area contributed by atoms with Crippen LogP contribution >= 0.6 is 0 Å². The molecule has 2 atom stereocenters. The van der Waals surface area contributed by atoms with Gasteiger partial charge in [-0.25, -0.2) is 0 Å². The largest absolute Gasteiger partial charge is 0.312 e. The first-order valence-corrected chi connectivity index (χ1v) is 7.28. The molecule has 0 amide bonds. The molecule has 1 aromatic rings. The van der Waals surface area contributed by atoms with Gasteiger partial charge in [-0.1, -0.05) is 38.1 Å². The highest BCUT2D eigenvalue weighted by molar-refractivity contribution is 5.40. The van der Waals surface area contributed by atoms with Crippen LogP contribution in [-0.2, 0) is 6.42 Å². The van der Waals surface area contributed by atoms with Crippen LogP contribution in [0.15, 0.2) is 24.3 Å². The van der Waals surface area contributed by atoms with E-state index in [0.29, 0.717) is 6.04 Å². The first-order valence-electron chi connectivity index (χ1n) is 7.28. The second-order valence-corrected chi connectivity index (χ2v) is 5.40. The van der Waals surface area contributed by atoms with Crippen molar-refractivity contribution in [2.75, 3.05) is 26.2 Å². The van der Waals surface area contributed by atoms with Crippen molar-refractivity contribution in [1.29, 1.82) is 0 Å². The Morgan fingerprint density at radius 1 is 1.28 bits per heavy atom. The molecule has 2 unspecified atom stereocenters. The lowest BCUT2D eigenvalue weighted by Crippen LogP contribution is -2.42. The van der Waals surface area contributed by atoms with E-state index in [4.69, 9.17) is 0 Å². The standard InChI is InChI=1S/C16H26N2/c1-4-18(5-2)12-13(3)17-11-15-10-14-8-6-7-9-16(14)15/h6-9,13,15,17H,4-5,10-12H2,1-3H3. The van der Waals surface area contributed by atoms with Crippen molar-refractivity contribution in [3.05, 3.63) is 35.4 Å². The van der Waals surface area contributed by atoms with E-state index in [1.165, 1.54) is 6.42 Å². The summed E-state index contributed by atoms with van der Waals surface area (Å²) in [5.74, 6) is 0.736. The van der Waals surface area contributed by atoms with Crippen LogP contribution in [0.1, 0.15) is 37.8 Å². The van der Waals surface area contributed by atoms with E-state index >= 15 is 0 Å². The molecular formula is C16H26N2. The molecule has 2 nitrogen and oxygen atoms in total. The van der Waals surface area contributed by atoms with Crippen molar-refractivity contribution in [2.24, 2.45) is 0 Å². The van der Waals surface area contributed by atoms with E-state index in [2.05, 4.69) is 55.3 Å². The van der Waals surface area contributed by atoms with Crippen LogP contribution in [0.4, 0.5) is 0 Å². The van der Waals surface area contributed by atoms with E-state index in [0.717, 1.165) is 32.1 Å². The van der Waals surface area contributed by atoms with Crippen molar-refractivity contribution >= 4 is 0 Å². The Balaban J connectivity index is 1.73. The fourth-order valence-electron chi connectivity index (χ4n) is 2.82. The van der Waals surface area contributed by atoms with Crippen LogP contribution in [0.3, 0.4) is 0 Å². The third kappa shape index (κ3) is 3.12. The van der Waals surface area contributed by atoms with Crippen LogP contribution in [-0.4, -0.2) is 37.1 Å². The normalized spacial score (nSPS) is 19.4. The molecule has 0 fully saturated rings. The molecular weight excluding hydrogens is 220 g/mol. The Hall–Kier alpha value is -0.860. The van der Waals surface area contributed by atoms with Gasteiger partial charge < -0.3 is 10.2 Å². The maximum atomic E-state index is 3.68. The number of rotatable bonds is 7. The lowest BCUT2D eigenvalue weighted by atomic mass is 9.77. The maximum Gasteiger partial charge on any atom is 0.0166 e. The van der Waals surface area contributed by atoms with Crippen molar-refractivity contribution in [3.63, 3.8) is 0 Å². The van der Waals surface area contributed by atoms with Crippen LogP contribution in [0, 0.1) is 0 Å². The Kier molecular flexibility index (Phi) is 4.79. The molecule has 0 aromatic heterocycles. The summed E-state index contributed by atoms with van der Waals surface area (Å²) in [5, 5.41) is 3.68. The first-order chi connectivity index (χ1) is 8.74. The van der Waals surface area contributed by atoms with Gasteiger partial charge in [-0.2, -0.15) is 0 Å². The van der Waals surface area contributed by atoms with Gasteiger partial charge in [-0.3, -0.25) is 0 Å². The van der Waals surface area contributed by atoms with Gasteiger partial charge in [0.15, 0.2) is 0 Å². The molecule has 0 aliphatic heterocycles. The molecule has 0 heterocycles. The predicted molar refractivity (Wildman–Crippen MR) is 78.1 cm³/mol. The fraction of sp³-hybridized carbons (Fsp3) is 0.625. The molecule has 2 heteroatoms. The number of nitrogens with zero attached hydrogens (tertiary/aromatic N) is 1. The van der Waals surface area contributed by atoms with Crippen molar-refractivity contribution in [2.45, 2.75) is 39.2 Å². The molecule has 1 aromatic carbocycles. The fourth-order valence-corrected chi connectivity index (χ4v) is 2.82. The Labute approximate surface area is 111 Å². The van der Waals surface area contributed by atoms with Crippen LogP contribution < -0.4 is 5.32 Å². The third-order valence-corrected chi connectivity index (χ3v) is 4.10. The molecule has 2 rings (SSSR count). The van der Waals surface area contributed by atoms with Crippen LogP contribution in [0.25, 0.3) is 0 Å². The van der Waals surface area contributed by atoms with E-state index in [-0.39, 0.29) is 0 Å². The third-order valence-electron chi connectivity index (χ3n) is 4.10. The Morgan fingerprint density at radius 3 is 2.67 bits per heavy atom. The first kappa shape index (κ1) is 13.6. The predicted octanol–water partition coefficient (Wildman–Crippen LogP) is 2.65. The molecule has 0 saturated heterocycles. The average Bonchev–Trinajstić information content (AvgIpc) is 2.37. The highest BCUT2D eigenvalue weighted by Crippen LogP contribution is 2.33. The summed E-state index contributed by atoms with van der Waals surface area (Å²) in [6.07, 6.45) is 1.25. The lowest BCUT2D eigenvalue weighted by molar-refractivity contribution is 0.268. The summed E-state index contributed by atoms with van der Waals surface area (Å²) < 4.78 is 0. The van der Waals surface area contributed by atoms with Crippen molar-refractivity contribution in [3.8, 4) is 0 Å². The van der Waals surface area contributed by atoms with Crippen molar-refractivity contribution < 1.29 is 0 Å².